The summed E-state index contributed by atoms with van der Waals surface area (Å²) in [6.07, 6.45) is 2.53. The topological polar surface area (TPSA) is 83.9 Å². The number of hydrogen-bond donors (Lipinski definition) is 1. The van der Waals surface area contributed by atoms with Crippen molar-refractivity contribution in [3.8, 4) is 5.75 Å². The summed E-state index contributed by atoms with van der Waals surface area (Å²) in [7, 11) is -3.65. The third kappa shape index (κ3) is 4.84. The van der Waals surface area contributed by atoms with Crippen molar-refractivity contribution in [1.29, 1.82) is 0 Å². The van der Waals surface area contributed by atoms with Crippen LogP contribution in [0.25, 0.3) is 10.9 Å². The van der Waals surface area contributed by atoms with E-state index in [1.807, 2.05) is 37.4 Å². The summed E-state index contributed by atoms with van der Waals surface area (Å²) in [4.78, 5) is 14.8. The molecule has 0 spiro atoms. The second kappa shape index (κ2) is 9.84. The van der Waals surface area contributed by atoms with Gasteiger partial charge in [0, 0.05) is 49.8 Å². The lowest BCUT2D eigenvalue weighted by atomic mass is 10.2. The summed E-state index contributed by atoms with van der Waals surface area (Å²) >= 11 is 0. The lowest BCUT2D eigenvalue weighted by molar-refractivity contribution is 0.214. The highest BCUT2D eigenvalue weighted by atomic mass is 32.2. The molecule has 176 valence electrons. The zero-order valence-corrected chi connectivity index (χ0v) is 19.8. The largest absolute Gasteiger partial charge is 0.492 e. The van der Waals surface area contributed by atoms with Crippen LogP contribution in [0.4, 0.5) is 10.5 Å². The first kappa shape index (κ1) is 23.1. The Morgan fingerprint density at radius 2 is 1.85 bits per heavy atom. The van der Waals surface area contributed by atoms with Crippen molar-refractivity contribution in [2.75, 3.05) is 38.1 Å². The van der Waals surface area contributed by atoms with Crippen LogP contribution in [-0.2, 0) is 16.6 Å². The van der Waals surface area contributed by atoms with Crippen LogP contribution in [0, 0.1) is 0 Å². The molecule has 0 aliphatic carbocycles. The number of para-hydroxylation sites is 2. The minimum absolute atomic E-state index is 0.247. The molecular formula is C24H30N4O4S. The molecular weight excluding hydrogens is 440 g/mol. The molecule has 9 heteroatoms. The van der Waals surface area contributed by atoms with E-state index in [0.717, 1.165) is 17.4 Å². The van der Waals surface area contributed by atoms with Gasteiger partial charge in [0.2, 0.25) is 10.0 Å². The summed E-state index contributed by atoms with van der Waals surface area (Å²) in [5, 5.41) is 3.80. The number of nitrogens with one attached hydrogen (secondary N) is 1. The number of aryl methyl sites for hydroxylation is 1. The van der Waals surface area contributed by atoms with Crippen LogP contribution < -0.4 is 10.1 Å². The molecule has 1 N–H and O–H groups in total. The van der Waals surface area contributed by atoms with Gasteiger partial charge in [0.1, 0.15) is 5.75 Å². The number of hydrogen-bond acceptors (Lipinski definition) is 4. The minimum Gasteiger partial charge on any atom is -0.492 e. The van der Waals surface area contributed by atoms with Gasteiger partial charge in [-0.05, 0) is 56.7 Å². The van der Waals surface area contributed by atoms with E-state index in [4.69, 9.17) is 4.74 Å². The molecule has 2 heterocycles. The van der Waals surface area contributed by atoms with E-state index in [1.165, 1.54) is 4.31 Å². The second-order valence-electron chi connectivity index (χ2n) is 7.93. The molecule has 1 aromatic heterocycles. The fourth-order valence-electron chi connectivity index (χ4n) is 4.15. The molecule has 8 nitrogen and oxygen atoms in total. The maximum Gasteiger partial charge on any atom is 0.321 e. The van der Waals surface area contributed by atoms with Crippen molar-refractivity contribution < 1.29 is 17.9 Å². The first-order chi connectivity index (χ1) is 15.9. The quantitative estimate of drug-likeness (QED) is 0.591. The molecule has 0 atom stereocenters. The van der Waals surface area contributed by atoms with Crippen molar-refractivity contribution in [2.24, 2.45) is 0 Å². The molecule has 2 aromatic carbocycles. The van der Waals surface area contributed by atoms with E-state index in [2.05, 4.69) is 16.8 Å². The van der Waals surface area contributed by atoms with Crippen LogP contribution in [0.5, 0.6) is 5.75 Å². The van der Waals surface area contributed by atoms with Gasteiger partial charge in [0.15, 0.2) is 0 Å². The first-order valence-electron chi connectivity index (χ1n) is 11.3. The third-order valence-corrected chi connectivity index (χ3v) is 7.79. The fourth-order valence-corrected chi connectivity index (χ4v) is 5.65. The molecule has 0 bridgehead atoms. The summed E-state index contributed by atoms with van der Waals surface area (Å²) in [5.41, 5.74) is 1.62. The zero-order valence-electron chi connectivity index (χ0n) is 19.0. The number of rotatable bonds is 6. The summed E-state index contributed by atoms with van der Waals surface area (Å²) in [6.45, 7) is 6.68. The van der Waals surface area contributed by atoms with Crippen LogP contribution in [0.2, 0.25) is 0 Å². The summed E-state index contributed by atoms with van der Waals surface area (Å²) in [6, 6.07) is 14.2. The molecule has 0 radical (unpaired) electrons. The molecule has 1 saturated heterocycles. The molecule has 2 amide bonds. The average molecular weight is 471 g/mol. The molecule has 1 aliphatic rings. The van der Waals surface area contributed by atoms with Crippen molar-refractivity contribution in [3.63, 3.8) is 0 Å². The van der Waals surface area contributed by atoms with E-state index in [0.29, 0.717) is 44.1 Å². The lowest BCUT2D eigenvalue weighted by Gasteiger charge is -2.23. The highest BCUT2D eigenvalue weighted by Gasteiger charge is 2.29. The Balaban J connectivity index is 1.46. The minimum atomic E-state index is -3.65. The number of sulfonamides is 1. The van der Waals surface area contributed by atoms with Gasteiger partial charge in [0.25, 0.3) is 0 Å². The van der Waals surface area contributed by atoms with Gasteiger partial charge in [0.05, 0.1) is 17.2 Å². The Hall–Kier alpha value is -3.04. The molecule has 4 rings (SSSR count). The van der Waals surface area contributed by atoms with Crippen molar-refractivity contribution in [1.82, 2.24) is 13.8 Å². The number of urea groups is 1. The molecule has 0 saturated carbocycles. The highest BCUT2D eigenvalue weighted by Crippen LogP contribution is 2.26. The van der Waals surface area contributed by atoms with E-state index in [9.17, 15) is 13.2 Å². The monoisotopic (exact) mass is 470 g/mol. The number of nitrogens with zero attached hydrogens (tertiary/aromatic N) is 3. The predicted molar refractivity (Wildman–Crippen MR) is 129 cm³/mol. The number of aromatic nitrogens is 1. The Kier molecular flexibility index (Phi) is 6.90. The Labute approximate surface area is 194 Å². The second-order valence-corrected chi connectivity index (χ2v) is 9.86. The number of benzene rings is 2. The van der Waals surface area contributed by atoms with Crippen LogP contribution in [0.1, 0.15) is 20.3 Å². The van der Waals surface area contributed by atoms with Gasteiger partial charge >= 0.3 is 6.03 Å². The van der Waals surface area contributed by atoms with Crippen molar-refractivity contribution in [2.45, 2.75) is 31.7 Å². The van der Waals surface area contributed by atoms with E-state index in [-0.39, 0.29) is 17.5 Å². The molecule has 0 unspecified atom stereocenters. The maximum absolute atomic E-state index is 13.3. The first-order valence-corrected chi connectivity index (χ1v) is 12.7. The van der Waals surface area contributed by atoms with Crippen LogP contribution in [0.3, 0.4) is 0 Å². The Morgan fingerprint density at radius 3 is 2.64 bits per heavy atom. The van der Waals surface area contributed by atoms with Crippen LogP contribution in [-0.4, -0.2) is 61.0 Å². The molecule has 3 aromatic rings. The number of carbonyl (C=O) groups excluding carboxylic acids is 1. The van der Waals surface area contributed by atoms with E-state index < -0.39 is 10.0 Å². The summed E-state index contributed by atoms with van der Waals surface area (Å²) in [5.74, 6) is 0.611. The van der Waals surface area contributed by atoms with Crippen LogP contribution in [0.15, 0.2) is 59.6 Å². The lowest BCUT2D eigenvalue weighted by Crippen LogP contribution is -2.39. The van der Waals surface area contributed by atoms with Gasteiger partial charge in [-0.25, -0.2) is 13.2 Å². The molecule has 33 heavy (non-hydrogen) atoms. The number of amides is 2. The fraction of sp³-hybridized carbons (Fsp3) is 0.375. The maximum atomic E-state index is 13.3. The number of fused-ring (bicyclic) bond motifs is 1. The van der Waals surface area contributed by atoms with Gasteiger partial charge in [-0.3, -0.25) is 0 Å². The van der Waals surface area contributed by atoms with E-state index >= 15 is 0 Å². The number of carbonyl (C=O) groups is 1. The standard InChI is InChI=1S/C24H30N4O4S/c1-3-26-15-12-19-18-20(10-11-22(19)26)33(30,31)28-14-7-13-27(16-17-28)24(29)25-21-8-5-6-9-23(21)32-4-2/h5-6,8-12,15,18H,3-4,7,13-14,16-17H2,1-2H3,(H,25,29). The SMILES string of the molecule is CCOc1ccccc1NC(=O)N1CCCN(S(=O)(=O)c2ccc3c(ccn3CC)c2)CC1. The zero-order chi connectivity index (χ0) is 23.4. The molecule has 1 aliphatic heterocycles. The normalized spacial score (nSPS) is 15.4. The number of ether oxygens (including phenoxy) is 1. The van der Waals surface area contributed by atoms with Crippen molar-refractivity contribution >= 4 is 32.6 Å². The van der Waals surface area contributed by atoms with Crippen molar-refractivity contribution in [3.05, 3.63) is 54.7 Å². The van der Waals surface area contributed by atoms with Gasteiger partial charge in [-0.1, -0.05) is 12.1 Å². The van der Waals surface area contributed by atoms with Crippen LogP contribution >= 0.6 is 0 Å². The Bertz CT molecular complexity index is 1240. The molecule has 1 fully saturated rings. The average Bonchev–Trinajstić information content (AvgIpc) is 3.05. The third-order valence-electron chi connectivity index (χ3n) is 5.89. The van der Waals surface area contributed by atoms with Gasteiger partial charge in [-0.2, -0.15) is 4.31 Å². The Morgan fingerprint density at radius 1 is 1.03 bits per heavy atom. The van der Waals surface area contributed by atoms with Gasteiger partial charge < -0.3 is 19.5 Å². The summed E-state index contributed by atoms with van der Waals surface area (Å²) < 4.78 is 35.8. The smallest absolute Gasteiger partial charge is 0.321 e. The highest BCUT2D eigenvalue weighted by molar-refractivity contribution is 7.89. The number of anilines is 1. The predicted octanol–water partition coefficient (Wildman–Crippen LogP) is 3.99. The van der Waals surface area contributed by atoms with E-state index in [1.54, 1.807) is 29.2 Å². The van der Waals surface area contributed by atoms with Gasteiger partial charge in [-0.15, -0.1) is 0 Å².